The second-order valence-corrected chi connectivity index (χ2v) is 6.00. The van der Waals surface area contributed by atoms with Crippen molar-refractivity contribution in [3.63, 3.8) is 0 Å². The Hall–Kier alpha value is -1.84. The maximum Gasteiger partial charge on any atom is 0.329 e. The molecule has 2 aliphatic rings. The van der Waals surface area contributed by atoms with Crippen LogP contribution in [0.15, 0.2) is 30.3 Å². The van der Waals surface area contributed by atoms with Gasteiger partial charge in [0.05, 0.1) is 5.41 Å². The van der Waals surface area contributed by atoms with E-state index in [2.05, 4.69) is 5.32 Å². The van der Waals surface area contributed by atoms with Gasteiger partial charge in [-0.05, 0) is 31.2 Å². The van der Waals surface area contributed by atoms with E-state index in [1.165, 1.54) is 0 Å². The Balaban J connectivity index is 1.82. The Morgan fingerprint density at radius 1 is 1.00 bits per heavy atom. The van der Waals surface area contributed by atoms with E-state index in [9.17, 15) is 14.7 Å². The summed E-state index contributed by atoms with van der Waals surface area (Å²) in [5, 5.41) is 12.3. The molecule has 1 amide bonds. The van der Waals surface area contributed by atoms with Crippen molar-refractivity contribution in [2.24, 2.45) is 0 Å². The van der Waals surface area contributed by atoms with E-state index in [-0.39, 0.29) is 5.91 Å². The predicted molar refractivity (Wildman–Crippen MR) is 74.3 cm³/mol. The summed E-state index contributed by atoms with van der Waals surface area (Å²) in [6.07, 6.45) is 4.42. The molecule has 0 spiro atoms. The quantitative estimate of drug-likeness (QED) is 0.884. The Kier molecular flexibility index (Phi) is 3.04. The first-order valence-electron chi connectivity index (χ1n) is 7.21. The highest BCUT2D eigenvalue weighted by Gasteiger charge is 2.54. The van der Waals surface area contributed by atoms with Crippen LogP contribution < -0.4 is 5.32 Å². The molecule has 0 radical (unpaired) electrons. The summed E-state index contributed by atoms with van der Waals surface area (Å²) in [6, 6.07) is 9.67. The van der Waals surface area contributed by atoms with Crippen LogP contribution in [0.25, 0.3) is 0 Å². The highest BCUT2D eigenvalue weighted by atomic mass is 16.4. The monoisotopic (exact) mass is 273 g/mol. The van der Waals surface area contributed by atoms with Gasteiger partial charge in [-0.15, -0.1) is 0 Å². The van der Waals surface area contributed by atoms with Crippen LogP contribution in [-0.2, 0) is 15.0 Å². The maximum absolute atomic E-state index is 12.6. The smallest absolute Gasteiger partial charge is 0.329 e. The fraction of sp³-hybridized carbons (Fsp3) is 0.500. The number of aliphatic carboxylic acids is 1. The van der Waals surface area contributed by atoms with Gasteiger partial charge in [0, 0.05) is 0 Å². The number of carboxylic acids is 1. The number of benzene rings is 1. The molecule has 2 aliphatic carbocycles. The molecule has 0 atom stereocenters. The van der Waals surface area contributed by atoms with Crippen molar-refractivity contribution in [2.75, 3.05) is 0 Å². The number of amides is 1. The normalized spacial score (nSPS) is 22.2. The van der Waals surface area contributed by atoms with Crippen molar-refractivity contribution in [1.82, 2.24) is 5.32 Å². The Labute approximate surface area is 118 Å². The van der Waals surface area contributed by atoms with Crippen molar-refractivity contribution >= 4 is 11.9 Å². The van der Waals surface area contributed by atoms with Crippen molar-refractivity contribution in [1.29, 1.82) is 0 Å². The summed E-state index contributed by atoms with van der Waals surface area (Å²) < 4.78 is 0. The van der Waals surface area contributed by atoms with Crippen molar-refractivity contribution in [2.45, 2.75) is 49.5 Å². The van der Waals surface area contributed by atoms with Crippen molar-refractivity contribution in [3.05, 3.63) is 35.9 Å². The van der Waals surface area contributed by atoms with Gasteiger partial charge in [-0.2, -0.15) is 0 Å². The summed E-state index contributed by atoms with van der Waals surface area (Å²) in [5.74, 6) is -1.01. The van der Waals surface area contributed by atoms with Gasteiger partial charge in [-0.25, -0.2) is 4.79 Å². The maximum atomic E-state index is 12.6. The summed E-state index contributed by atoms with van der Waals surface area (Å²) >= 11 is 0. The molecular weight excluding hydrogens is 254 g/mol. The lowest BCUT2D eigenvalue weighted by atomic mass is 9.91. The Bertz CT molecular complexity index is 528. The molecule has 0 bridgehead atoms. The van der Waals surface area contributed by atoms with Crippen LogP contribution in [0.1, 0.15) is 44.1 Å². The minimum atomic E-state index is -1.04. The summed E-state index contributed by atoms with van der Waals surface area (Å²) in [6.45, 7) is 0. The fourth-order valence-corrected chi connectivity index (χ4v) is 3.24. The summed E-state index contributed by atoms with van der Waals surface area (Å²) in [4.78, 5) is 24.1. The molecule has 0 saturated heterocycles. The zero-order valence-corrected chi connectivity index (χ0v) is 11.4. The zero-order valence-electron chi connectivity index (χ0n) is 11.4. The van der Waals surface area contributed by atoms with Gasteiger partial charge in [-0.1, -0.05) is 43.2 Å². The minimum Gasteiger partial charge on any atom is -0.480 e. The Morgan fingerprint density at radius 3 is 2.10 bits per heavy atom. The lowest BCUT2D eigenvalue weighted by Crippen LogP contribution is -2.55. The van der Waals surface area contributed by atoms with E-state index in [4.69, 9.17) is 0 Å². The standard InChI is InChI=1S/C16H19NO3/c18-13(17-16(14(19)20)8-4-5-9-16)15(10-11-15)12-6-2-1-3-7-12/h1-3,6-7H,4-5,8-11H2,(H,17,18)(H,19,20). The molecule has 1 aromatic carbocycles. The molecule has 0 heterocycles. The molecule has 0 unspecified atom stereocenters. The van der Waals surface area contributed by atoms with E-state index in [1.807, 2.05) is 30.3 Å². The van der Waals surface area contributed by atoms with Gasteiger partial charge in [0.25, 0.3) is 0 Å². The molecule has 3 rings (SSSR count). The van der Waals surface area contributed by atoms with Crippen LogP contribution in [0.4, 0.5) is 0 Å². The van der Waals surface area contributed by atoms with Crippen LogP contribution >= 0.6 is 0 Å². The van der Waals surface area contributed by atoms with E-state index in [0.29, 0.717) is 12.8 Å². The van der Waals surface area contributed by atoms with Gasteiger partial charge in [0.1, 0.15) is 5.54 Å². The van der Waals surface area contributed by atoms with Gasteiger partial charge in [-0.3, -0.25) is 4.79 Å². The molecule has 4 heteroatoms. The van der Waals surface area contributed by atoms with Crippen LogP contribution in [0.5, 0.6) is 0 Å². The lowest BCUT2D eigenvalue weighted by molar-refractivity contribution is -0.147. The first-order valence-corrected chi connectivity index (χ1v) is 7.21. The lowest BCUT2D eigenvalue weighted by Gasteiger charge is -2.28. The number of rotatable bonds is 4. The molecule has 0 aliphatic heterocycles. The second kappa shape index (κ2) is 4.62. The van der Waals surface area contributed by atoms with Crippen LogP contribution in [0.3, 0.4) is 0 Å². The number of carbonyl (C=O) groups excluding carboxylic acids is 1. The number of carbonyl (C=O) groups is 2. The van der Waals surface area contributed by atoms with E-state index >= 15 is 0 Å². The topological polar surface area (TPSA) is 66.4 Å². The summed E-state index contributed by atoms with van der Waals surface area (Å²) in [5.41, 5.74) is -0.538. The van der Waals surface area contributed by atoms with Gasteiger partial charge in [0.2, 0.25) is 5.91 Å². The molecular formula is C16H19NO3. The largest absolute Gasteiger partial charge is 0.480 e. The molecule has 2 fully saturated rings. The Morgan fingerprint density at radius 2 is 1.60 bits per heavy atom. The SMILES string of the molecule is O=C(O)C1(NC(=O)C2(c3ccccc3)CC2)CCCC1. The van der Waals surface area contributed by atoms with Crippen molar-refractivity contribution in [3.8, 4) is 0 Å². The predicted octanol–water partition coefficient (Wildman–Crippen LogP) is 2.23. The minimum absolute atomic E-state index is 0.118. The number of nitrogens with one attached hydrogen (secondary N) is 1. The summed E-state index contributed by atoms with van der Waals surface area (Å²) in [7, 11) is 0. The average molecular weight is 273 g/mol. The molecule has 2 saturated carbocycles. The van der Waals surface area contributed by atoms with E-state index in [1.54, 1.807) is 0 Å². The van der Waals surface area contributed by atoms with Crippen LogP contribution in [0.2, 0.25) is 0 Å². The number of carboxylic acid groups (broad SMARTS) is 1. The highest BCUT2D eigenvalue weighted by molar-refractivity contribution is 5.95. The number of hydrogen-bond donors (Lipinski definition) is 2. The molecule has 0 aromatic heterocycles. The third-order valence-corrected chi connectivity index (χ3v) is 4.73. The molecule has 2 N–H and O–H groups in total. The fourth-order valence-electron chi connectivity index (χ4n) is 3.24. The third-order valence-electron chi connectivity index (χ3n) is 4.73. The molecule has 20 heavy (non-hydrogen) atoms. The first-order chi connectivity index (χ1) is 9.59. The zero-order chi connectivity index (χ0) is 14.2. The van der Waals surface area contributed by atoms with Gasteiger partial charge < -0.3 is 10.4 Å². The van der Waals surface area contributed by atoms with Crippen LogP contribution in [0, 0.1) is 0 Å². The van der Waals surface area contributed by atoms with Gasteiger partial charge >= 0.3 is 5.97 Å². The first kappa shape index (κ1) is 13.2. The highest BCUT2D eigenvalue weighted by Crippen LogP contribution is 2.49. The van der Waals surface area contributed by atoms with Crippen LogP contribution in [-0.4, -0.2) is 22.5 Å². The second-order valence-electron chi connectivity index (χ2n) is 6.00. The third kappa shape index (κ3) is 1.99. The molecule has 4 nitrogen and oxygen atoms in total. The van der Waals surface area contributed by atoms with E-state index < -0.39 is 16.9 Å². The molecule has 1 aromatic rings. The van der Waals surface area contributed by atoms with Crippen molar-refractivity contribution < 1.29 is 14.7 Å². The van der Waals surface area contributed by atoms with E-state index in [0.717, 1.165) is 31.2 Å². The number of hydrogen-bond acceptors (Lipinski definition) is 2. The molecule has 106 valence electrons. The van der Waals surface area contributed by atoms with Gasteiger partial charge in [0.15, 0.2) is 0 Å². The average Bonchev–Trinajstić information content (AvgIpc) is 3.14.